The summed E-state index contributed by atoms with van der Waals surface area (Å²) in [6.07, 6.45) is 2.84. The Bertz CT molecular complexity index is 430. The zero-order valence-corrected chi connectivity index (χ0v) is 13.3. The third-order valence-electron chi connectivity index (χ3n) is 6.73. The minimum absolute atomic E-state index is 0.00988. The molecule has 0 amide bonds. The molecule has 1 N–H and O–H groups in total. The molecule has 0 heterocycles. The Morgan fingerprint density at radius 3 is 2.45 bits per heavy atom. The number of aliphatic hydroxyl groups is 1. The molecule has 0 saturated heterocycles. The van der Waals surface area contributed by atoms with Gasteiger partial charge < -0.3 is 9.84 Å². The van der Waals surface area contributed by atoms with Crippen LogP contribution in [0.4, 0.5) is 0 Å². The fraction of sp³-hybridized carbons (Fsp3) is 0.941. The molecule has 20 heavy (non-hydrogen) atoms. The summed E-state index contributed by atoms with van der Waals surface area (Å²) in [4.78, 5) is 11.4. The summed E-state index contributed by atoms with van der Waals surface area (Å²) in [5.74, 6) is 1.90. The van der Waals surface area contributed by atoms with E-state index in [-0.39, 0.29) is 23.4 Å². The number of hydrogen-bond acceptors (Lipinski definition) is 3. The number of esters is 1. The molecule has 0 aromatic rings. The molecule has 7 unspecified atom stereocenters. The Balaban J connectivity index is 1.96. The van der Waals surface area contributed by atoms with Crippen molar-refractivity contribution >= 4 is 5.97 Å². The molecule has 3 heteroatoms. The molecular formula is C17H28O3. The predicted molar refractivity (Wildman–Crippen MR) is 76.9 cm³/mol. The van der Waals surface area contributed by atoms with Gasteiger partial charge in [-0.3, -0.25) is 4.79 Å². The topological polar surface area (TPSA) is 46.5 Å². The van der Waals surface area contributed by atoms with Gasteiger partial charge in [0.05, 0.1) is 5.60 Å². The molecule has 3 rings (SSSR count). The first-order valence-corrected chi connectivity index (χ1v) is 8.09. The van der Waals surface area contributed by atoms with Gasteiger partial charge in [0, 0.05) is 12.8 Å². The van der Waals surface area contributed by atoms with Crippen LogP contribution in [-0.2, 0) is 9.53 Å². The van der Waals surface area contributed by atoms with Gasteiger partial charge in [-0.25, -0.2) is 0 Å². The SMILES string of the molecule is CC(=O)OC1CC(C)C2(O)CCC(C)C2C2C1C2(C)C. The molecule has 0 aromatic heterocycles. The zero-order valence-electron chi connectivity index (χ0n) is 13.3. The molecular weight excluding hydrogens is 252 g/mol. The summed E-state index contributed by atoms with van der Waals surface area (Å²) in [6, 6.07) is 0. The van der Waals surface area contributed by atoms with Crippen molar-refractivity contribution < 1.29 is 14.6 Å². The molecule has 7 atom stereocenters. The molecule has 0 aromatic carbocycles. The number of rotatable bonds is 1. The van der Waals surface area contributed by atoms with Gasteiger partial charge in [-0.1, -0.05) is 27.7 Å². The van der Waals surface area contributed by atoms with Crippen molar-refractivity contribution in [3.63, 3.8) is 0 Å². The van der Waals surface area contributed by atoms with Gasteiger partial charge in [0.15, 0.2) is 0 Å². The van der Waals surface area contributed by atoms with E-state index in [9.17, 15) is 9.90 Å². The highest BCUT2D eigenvalue weighted by Gasteiger charge is 2.72. The average molecular weight is 280 g/mol. The van der Waals surface area contributed by atoms with Crippen molar-refractivity contribution in [2.75, 3.05) is 0 Å². The van der Waals surface area contributed by atoms with Crippen molar-refractivity contribution in [3.05, 3.63) is 0 Å². The number of carbonyl (C=O) groups is 1. The number of carbonyl (C=O) groups excluding carboxylic acids is 1. The average Bonchev–Trinajstić information content (AvgIpc) is 2.76. The number of hydrogen-bond donors (Lipinski definition) is 1. The van der Waals surface area contributed by atoms with Crippen LogP contribution in [0, 0.1) is 35.0 Å². The third kappa shape index (κ3) is 1.78. The molecule has 0 radical (unpaired) electrons. The van der Waals surface area contributed by atoms with Crippen LogP contribution in [0.5, 0.6) is 0 Å². The lowest BCUT2D eigenvalue weighted by atomic mass is 9.73. The van der Waals surface area contributed by atoms with Crippen LogP contribution < -0.4 is 0 Å². The van der Waals surface area contributed by atoms with E-state index in [1.54, 1.807) is 0 Å². The Kier molecular flexibility index (Phi) is 3.03. The first-order valence-electron chi connectivity index (χ1n) is 8.09. The molecule has 0 spiro atoms. The largest absolute Gasteiger partial charge is 0.462 e. The quantitative estimate of drug-likeness (QED) is 0.751. The van der Waals surface area contributed by atoms with Crippen molar-refractivity contribution in [1.82, 2.24) is 0 Å². The molecule has 0 bridgehead atoms. The Morgan fingerprint density at radius 2 is 1.85 bits per heavy atom. The van der Waals surface area contributed by atoms with E-state index in [1.807, 2.05) is 0 Å². The van der Waals surface area contributed by atoms with E-state index in [2.05, 4.69) is 27.7 Å². The minimum atomic E-state index is -0.551. The normalized spacial score (nSPS) is 52.7. The minimum Gasteiger partial charge on any atom is -0.462 e. The van der Waals surface area contributed by atoms with E-state index in [0.717, 1.165) is 19.3 Å². The summed E-state index contributed by atoms with van der Waals surface area (Å²) in [5, 5.41) is 11.3. The van der Waals surface area contributed by atoms with E-state index in [4.69, 9.17) is 4.74 Å². The molecule has 3 aliphatic rings. The van der Waals surface area contributed by atoms with Gasteiger partial charge in [0.25, 0.3) is 0 Å². The van der Waals surface area contributed by atoms with Crippen molar-refractivity contribution in [1.29, 1.82) is 0 Å². The summed E-state index contributed by atoms with van der Waals surface area (Å²) in [7, 11) is 0. The molecule has 3 fully saturated rings. The highest BCUT2D eigenvalue weighted by atomic mass is 16.5. The van der Waals surface area contributed by atoms with Gasteiger partial charge >= 0.3 is 5.97 Å². The first-order chi connectivity index (χ1) is 9.19. The Hall–Kier alpha value is -0.570. The smallest absolute Gasteiger partial charge is 0.302 e. The maximum Gasteiger partial charge on any atom is 0.302 e. The first kappa shape index (κ1) is 14.4. The second-order valence-corrected chi connectivity index (χ2v) is 8.19. The second-order valence-electron chi connectivity index (χ2n) is 8.19. The van der Waals surface area contributed by atoms with Crippen LogP contribution in [0.25, 0.3) is 0 Å². The standard InChI is InChI=1S/C17H28O3/c1-9-6-7-17(19)10(2)8-12(20-11(3)18)14-15(13(9)17)16(14,4)5/h9-10,12-15,19H,6-8H2,1-5H3. The van der Waals surface area contributed by atoms with Gasteiger partial charge in [0.1, 0.15) is 6.10 Å². The maximum atomic E-state index is 11.4. The highest BCUT2D eigenvalue weighted by Crippen LogP contribution is 2.72. The molecule has 0 aliphatic heterocycles. The Morgan fingerprint density at radius 1 is 1.20 bits per heavy atom. The lowest BCUT2D eigenvalue weighted by Crippen LogP contribution is -2.43. The van der Waals surface area contributed by atoms with Crippen LogP contribution >= 0.6 is 0 Å². The van der Waals surface area contributed by atoms with Gasteiger partial charge in [-0.15, -0.1) is 0 Å². The summed E-state index contributed by atoms with van der Waals surface area (Å²) in [5.41, 5.74) is -0.359. The lowest BCUT2D eigenvalue weighted by molar-refractivity contribution is -0.149. The Labute approximate surface area is 122 Å². The van der Waals surface area contributed by atoms with Gasteiger partial charge in [-0.05, 0) is 48.3 Å². The van der Waals surface area contributed by atoms with Crippen LogP contribution in [0.1, 0.15) is 53.9 Å². The molecule has 114 valence electrons. The summed E-state index contributed by atoms with van der Waals surface area (Å²) >= 11 is 0. The molecule has 3 aliphatic carbocycles. The second kappa shape index (κ2) is 4.22. The van der Waals surface area contributed by atoms with Crippen LogP contribution in [0.3, 0.4) is 0 Å². The van der Waals surface area contributed by atoms with Crippen molar-refractivity contribution in [2.45, 2.75) is 65.6 Å². The van der Waals surface area contributed by atoms with Crippen LogP contribution in [0.2, 0.25) is 0 Å². The fourth-order valence-electron chi connectivity index (χ4n) is 5.69. The van der Waals surface area contributed by atoms with E-state index >= 15 is 0 Å². The zero-order chi connectivity index (χ0) is 14.9. The summed E-state index contributed by atoms with van der Waals surface area (Å²) in [6.45, 7) is 10.5. The predicted octanol–water partition coefficient (Wildman–Crippen LogP) is 3.01. The maximum absolute atomic E-state index is 11.4. The monoisotopic (exact) mass is 280 g/mol. The lowest BCUT2D eigenvalue weighted by Gasteiger charge is -2.38. The van der Waals surface area contributed by atoms with Gasteiger partial charge in [-0.2, -0.15) is 0 Å². The number of ether oxygens (including phenoxy) is 1. The summed E-state index contributed by atoms with van der Waals surface area (Å²) < 4.78 is 5.63. The van der Waals surface area contributed by atoms with Crippen LogP contribution in [-0.4, -0.2) is 22.8 Å². The molecule has 3 saturated carbocycles. The third-order valence-corrected chi connectivity index (χ3v) is 6.73. The van der Waals surface area contributed by atoms with E-state index in [1.165, 1.54) is 6.92 Å². The van der Waals surface area contributed by atoms with E-state index < -0.39 is 5.60 Å². The number of fused-ring (bicyclic) bond motifs is 3. The van der Waals surface area contributed by atoms with Gasteiger partial charge in [0.2, 0.25) is 0 Å². The van der Waals surface area contributed by atoms with Crippen molar-refractivity contribution in [3.8, 4) is 0 Å². The van der Waals surface area contributed by atoms with Crippen LogP contribution in [0.15, 0.2) is 0 Å². The van der Waals surface area contributed by atoms with E-state index in [0.29, 0.717) is 23.7 Å². The molecule has 3 nitrogen and oxygen atoms in total. The fourth-order valence-corrected chi connectivity index (χ4v) is 5.69. The highest BCUT2D eigenvalue weighted by molar-refractivity contribution is 5.66. The van der Waals surface area contributed by atoms with Crippen molar-refractivity contribution in [2.24, 2.45) is 35.0 Å².